The summed E-state index contributed by atoms with van der Waals surface area (Å²) in [4.78, 5) is 36.6. The van der Waals surface area contributed by atoms with E-state index in [0.29, 0.717) is 10.6 Å². The lowest BCUT2D eigenvalue weighted by atomic mass is 9.86. The predicted molar refractivity (Wildman–Crippen MR) is 119 cm³/mol. The fourth-order valence-corrected chi connectivity index (χ4v) is 4.19. The number of carboxylic acid groups (broad SMARTS) is 1. The van der Waals surface area contributed by atoms with Crippen molar-refractivity contribution in [3.05, 3.63) is 40.3 Å². The molecule has 0 spiro atoms. The number of aliphatic carboxylic acids is 1. The van der Waals surface area contributed by atoms with E-state index in [1.165, 1.54) is 16.9 Å². The summed E-state index contributed by atoms with van der Waals surface area (Å²) in [6, 6.07) is 8.06. The standard InChI is InChI=1S/C23H29NO5S/c1-6-29-22(28)20-19(15-10-12-16(13-11-15)23(3,4)5)14(2)30-21(20)24-17(25)8-7-9-18(26)27/h10-13H,6-9H2,1-5H3,(H,24,25)(H,26,27). The zero-order chi connectivity index (χ0) is 22.5. The molecule has 162 valence electrons. The highest BCUT2D eigenvalue weighted by Gasteiger charge is 2.26. The van der Waals surface area contributed by atoms with Crippen molar-refractivity contribution in [2.24, 2.45) is 0 Å². The molecule has 0 fully saturated rings. The molecule has 0 aliphatic rings. The molecule has 0 unspecified atom stereocenters. The van der Waals surface area contributed by atoms with Gasteiger partial charge in [0.05, 0.1) is 6.61 Å². The molecule has 0 aliphatic carbocycles. The highest BCUT2D eigenvalue weighted by atomic mass is 32.1. The zero-order valence-corrected chi connectivity index (χ0v) is 18.9. The zero-order valence-electron chi connectivity index (χ0n) is 18.1. The van der Waals surface area contributed by atoms with Crippen molar-refractivity contribution in [2.45, 2.75) is 59.3 Å². The molecule has 2 N–H and O–H groups in total. The molecule has 30 heavy (non-hydrogen) atoms. The Morgan fingerprint density at radius 1 is 1.10 bits per heavy atom. The summed E-state index contributed by atoms with van der Waals surface area (Å²) >= 11 is 1.32. The third-order valence-electron chi connectivity index (χ3n) is 4.65. The number of hydrogen-bond acceptors (Lipinski definition) is 5. The Bertz CT molecular complexity index is 922. The van der Waals surface area contributed by atoms with Crippen LogP contribution in [0.15, 0.2) is 24.3 Å². The van der Waals surface area contributed by atoms with Gasteiger partial charge in [-0.25, -0.2) is 4.79 Å². The second-order valence-electron chi connectivity index (χ2n) is 8.08. The average molecular weight is 432 g/mol. The lowest BCUT2D eigenvalue weighted by Gasteiger charge is -2.19. The van der Waals surface area contributed by atoms with Crippen molar-refractivity contribution in [1.82, 2.24) is 0 Å². The molecular weight excluding hydrogens is 402 g/mol. The van der Waals surface area contributed by atoms with E-state index < -0.39 is 11.9 Å². The first-order chi connectivity index (χ1) is 14.0. The monoisotopic (exact) mass is 431 g/mol. The number of anilines is 1. The Kier molecular flexibility index (Phi) is 7.78. The molecule has 1 aromatic carbocycles. The molecule has 2 aromatic rings. The van der Waals surface area contributed by atoms with Gasteiger partial charge in [-0.2, -0.15) is 0 Å². The quantitative estimate of drug-likeness (QED) is 0.547. The third-order valence-corrected chi connectivity index (χ3v) is 5.67. The molecule has 0 saturated heterocycles. The molecule has 0 aliphatic heterocycles. The molecule has 0 atom stereocenters. The SMILES string of the molecule is CCOC(=O)c1c(NC(=O)CCCC(=O)O)sc(C)c1-c1ccc(C(C)(C)C)cc1. The van der Waals surface area contributed by atoms with Gasteiger partial charge in [-0.3, -0.25) is 9.59 Å². The van der Waals surface area contributed by atoms with Crippen LogP contribution in [0, 0.1) is 6.92 Å². The van der Waals surface area contributed by atoms with Crippen molar-refractivity contribution < 1.29 is 24.2 Å². The number of amides is 1. The number of ether oxygens (including phenoxy) is 1. The Morgan fingerprint density at radius 2 is 1.73 bits per heavy atom. The van der Waals surface area contributed by atoms with Gasteiger partial charge in [0, 0.05) is 23.3 Å². The van der Waals surface area contributed by atoms with Gasteiger partial charge in [-0.1, -0.05) is 45.0 Å². The number of aryl methyl sites for hydroxylation is 1. The Balaban J connectivity index is 2.39. The van der Waals surface area contributed by atoms with E-state index >= 15 is 0 Å². The number of thiophene rings is 1. The number of hydrogen-bond donors (Lipinski definition) is 2. The largest absolute Gasteiger partial charge is 0.481 e. The molecule has 1 amide bonds. The van der Waals surface area contributed by atoms with Crippen LogP contribution in [0.1, 0.15) is 67.8 Å². The fraction of sp³-hybridized carbons (Fsp3) is 0.435. The summed E-state index contributed by atoms with van der Waals surface area (Å²) < 4.78 is 5.25. The van der Waals surface area contributed by atoms with Gasteiger partial charge in [0.1, 0.15) is 10.6 Å². The number of carboxylic acids is 1. The minimum Gasteiger partial charge on any atom is -0.481 e. The van der Waals surface area contributed by atoms with Gasteiger partial charge < -0.3 is 15.2 Å². The second-order valence-corrected chi connectivity index (χ2v) is 9.31. The van der Waals surface area contributed by atoms with Crippen molar-refractivity contribution in [2.75, 3.05) is 11.9 Å². The number of carbonyl (C=O) groups is 3. The maximum absolute atomic E-state index is 12.7. The van der Waals surface area contributed by atoms with Crippen LogP contribution in [0.2, 0.25) is 0 Å². The van der Waals surface area contributed by atoms with Crippen LogP contribution in [0.5, 0.6) is 0 Å². The first kappa shape index (κ1) is 23.6. The molecule has 1 heterocycles. The van der Waals surface area contributed by atoms with Crippen molar-refractivity contribution in [1.29, 1.82) is 0 Å². The second kappa shape index (κ2) is 9.89. The van der Waals surface area contributed by atoms with E-state index in [2.05, 4.69) is 26.1 Å². The van der Waals surface area contributed by atoms with Crippen LogP contribution in [-0.2, 0) is 19.7 Å². The molecule has 1 aromatic heterocycles. The summed E-state index contributed by atoms with van der Waals surface area (Å²) in [7, 11) is 0. The topological polar surface area (TPSA) is 92.7 Å². The molecule has 0 radical (unpaired) electrons. The molecule has 0 bridgehead atoms. The number of benzene rings is 1. The van der Waals surface area contributed by atoms with E-state index in [1.807, 2.05) is 31.2 Å². The van der Waals surface area contributed by atoms with Crippen molar-refractivity contribution in [3.63, 3.8) is 0 Å². The van der Waals surface area contributed by atoms with Crippen LogP contribution >= 0.6 is 11.3 Å². The predicted octanol–water partition coefficient (Wildman–Crippen LogP) is 5.39. The van der Waals surface area contributed by atoms with Crippen molar-refractivity contribution >= 4 is 34.2 Å². The van der Waals surface area contributed by atoms with E-state index in [-0.39, 0.29) is 37.2 Å². The van der Waals surface area contributed by atoms with Crippen molar-refractivity contribution in [3.8, 4) is 11.1 Å². The Morgan fingerprint density at radius 3 is 2.27 bits per heavy atom. The maximum atomic E-state index is 12.7. The number of esters is 1. The summed E-state index contributed by atoms with van der Waals surface area (Å²) in [5, 5.41) is 11.9. The highest BCUT2D eigenvalue weighted by molar-refractivity contribution is 7.17. The van der Waals surface area contributed by atoms with E-state index in [9.17, 15) is 14.4 Å². The number of nitrogens with one attached hydrogen (secondary N) is 1. The first-order valence-electron chi connectivity index (χ1n) is 9.97. The average Bonchev–Trinajstić information content (AvgIpc) is 2.96. The van der Waals surface area contributed by atoms with Crippen LogP contribution in [0.4, 0.5) is 5.00 Å². The van der Waals surface area contributed by atoms with Crippen LogP contribution in [0.3, 0.4) is 0 Å². The van der Waals surface area contributed by atoms with Crippen LogP contribution < -0.4 is 5.32 Å². The van der Waals surface area contributed by atoms with Gasteiger partial charge in [0.15, 0.2) is 0 Å². The van der Waals surface area contributed by atoms with Crippen LogP contribution in [0.25, 0.3) is 11.1 Å². The molecule has 7 heteroatoms. The number of rotatable bonds is 8. The highest BCUT2D eigenvalue weighted by Crippen LogP contribution is 2.41. The summed E-state index contributed by atoms with van der Waals surface area (Å²) in [6.07, 6.45) is 0.232. The number of carbonyl (C=O) groups excluding carboxylic acids is 2. The summed E-state index contributed by atoms with van der Waals surface area (Å²) in [5.74, 6) is -1.75. The molecule has 2 rings (SSSR count). The maximum Gasteiger partial charge on any atom is 0.341 e. The normalized spacial score (nSPS) is 11.2. The van der Waals surface area contributed by atoms with Gasteiger partial charge in [-0.05, 0) is 36.8 Å². The van der Waals surface area contributed by atoms with Crippen LogP contribution in [-0.4, -0.2) is 29.6 Å². The fourth-order valence-electron chi connectivity index (χ4n) is 3.10. The Hall–Kier alpha value is -2.67. The summed E-state index contributed by atoms with van der Waals surface area (Å²) in [5.41, 5.74) is 3.17. The Labute approximate surface area is 181 Å². The summed E-state index contributed by atoms with van der Waals surface area (Å²) in [6.45, 7) is 10.3. The lowest BCUT2D eigenvalue weighted by Crippen LogP contribution is -2.15. The minimum absolute atomic E-state index is 0.0152. The van der Waals surface area contributed by atoms with Gasteiger partial charge >= 0.3 is 11.9 Å². The van der Waals surface area contributed by atoms with E-state index in [0.717, 1.165) is 16.0 Å². The third kappa shape index (κ3) is 5.92. The van der Waals surface area contributed by atoms with Gasteiger partial charge in [-0.15, -0.1) is 11.3 Å². The van der Waals surface area contributed by atoms with Gasteiger partial charge in [0.2, 0.25) is 5.91 Å². The molecule has 6 nitrogen and oxygen atoms in total. The minimum atomic E-state index is -0.942. The van der Waals surface area contributed by atoms with E-state index in [1.54, 1.807) is 6.92 Å². The first-order valence-corrected chi connectivity index (χ1v) is 10.8. The smallest absolute Gasteiger partial charge is 0.341 e. The van der Waals surface area contributed by atoms with E-state index in [4.69, 9.17) is 9.84 Å². The molecular formula is C23H29NO5S. The van der Waals surface area contributed by atoms with Gasteiger partial charge in [0.25, 0.3) is 0 Å². The molecule has 0 saturated carbocycles. The lowest BCUT2D eigenvalue weighted by molar-refractivity contribution is -0.137.